The number of aliphatic hydroxyl groups is 1. The molecule has 3 nitrogen and oxygen atoms in total. The smallest absolute Gasteiger partial charge is 0.384 e. The third-order valence-electron chi connectivity index (χ3n) is 2.71. The number of rotatable bonds is 3. The second-order valence-corrected chi connectivity index (χ2v) is 4.64. The van der Waals surface area contributed by atoms with E-state index in [2.05, 4.69) is 11.8 Å². The number of carbonyl (C=O) groups is 1. The Kier molecular flexibility index (Phi) is 5.79. The van der Waals surface area contributed by atoms with Crippen LogP contribution in [-0.2, 0) is 0 Å². The predicted octanol–water partition coefficient (Wildman–Crippen LogP) is 2.36. The molecule has 0 aromatic heterocycles. The van der Waals surface area contributed by atoms with Crippen LogP contribution in [0, 0.1) is 18.8 Å². The van der Waals surface area contributed by atoms with Crippen molar-refractivity contribution in [3.8, 4) is 11.8 Å². The van der Waals surface area contributed by atoms with Gasteiger partial charge in [0.25, 0.3) is 5.91 Å². The third kappa shape index (κ3) is 5.88. The van der Waals surface area contributed by atoms with Crippen LogP contribution in [0.4, 0.5) is 13.2 Å². The Bertz CT molecular complexity index is 571. The van der Waals surface area contributed by atoms with Gasteiger partial charge in [-0.05, 0) is 30.7 Å². The quantitative estimate of drug-likeness (QED) is 0.871. The summed E-state index contributed by atoms with van der Waals surface area (Å²) in [7, 11) is 1.33. The van der Waals surface area contributed by atoms with Gasteiger partial charge in [-0.2, -0.15) is 13.2 Å². The molecule has 0 aliphatic rings. The van der Waals surface area contributed by atoms with Gasteiger partial charge in [-0.1, -0.05) is 11.8 Å². The van der Waals surface area contributed by atoms with Gasteiger partial charge >= 0.3 is 6.18 Å². The van der Waals surface area contributed by atoms with E-state index < -0.39 is 25.0 Å². The van der Waals surface area contributed by atoms with Gasteiger partial charge in [0, 0.05) is 24.7 Å². The van der Waals surface area contributed by atoms with E-state index in [4.69, 9.17) is 5.11 Å². The van der Waals surface area contributed by atoms with E-state index in [0.29, 0.717) is 5.56 Å². The van der Waals surface area contributed by atoms with Gasteiger partial charge < -0.3 is 10.0 Å². The van der Waals surface area contributed by atoms with Crippen molar-refractivity contribution in [3.63, 3.8) is 0 Å². The van der Waals surface area contributed by atoms with Crippen LogP contribution >= 0.6 is 0 Å². The molecule has 0 radical (unpaired) electrons. The van der Waals surface area contributed by atoms with Crippen LogP contribution in [0.1, 0.15) is 27.9 Å². The number of nitrogens with zero attached hydrogens (tertiary/aromatic N) is 1. The van der Waals surface area contributed by atoms with Crippen molar-refractivity contribution in [3.05, 3.63) is 34.9 Å². The fraction of sp³-hybridized carbons (Fsp3) is 0.400. The minimum absolute atomic E-state index is 0.280. The molecule has 0 atom stereocenters. The third-order valence-corrected chi connectivity index (χ3v) is 2.71. The molecule has 1 N–H and O–H groups in total. The van der Waals surface area contributed by atoms with Gasteiger partial charge in [-0.25, -0.2) is 0 Å². The van der Waals surface area contributed by atoms with Crippen LogP contribution in [0.3, 0.4) is 0 Å². The number of hydrogen-bond acceptors (Lipinski definition) is 2. The van der Waals surface area contributed by atoms with E-state index in [0.717, 1.165) is 10.5 Å². The molecule has 6 heteroatoms. The first kappa shape index (κ1) is 17.1. The molecule has 0 bridgehead atoms. The summed E-state index contributed by atoms with van der Waals surface area (Å²) in [4.78, 5) is 13.1. The van der Waals surface area contributed by atoms with Crippen molar-refractivity contribution in [1.82, 2.24) is 4.90 Å². The number of alkyl halides is 3. The van der Waals surface area contributed by atoms with Gasteiger partial charge in [-0.15, -0.1) is 0 Å². The average molecular weight is 299 g/mol. The summed E-state index contributed by atoms with van der Waals surface area (Å²) in [5.41, 5.74) is 1.59. The lowest BCUT2D eigenvalue weighted by atomic mass is 10.1. The van der Waals surface area contributed by atoms with E-state index in [1.165, 1.54) is 13.1 Å². The molecule has 0 aliphatic heterocycles. The highest BCUT2D eigenvalue weighted by atomic mass is 19.4. The molecular formula is C15H16F3NO2. The summed E-state index contributed by atoms with van der Waals surface area (Å²) in [5, 5.41) is 8.65. The summed E-state index contributed by atoms with van der Waals surface area (Å²) in [6.45, 7) is 1.06. The lowest BCUT2D eigenvalue weighted by Gasteiger charge is -2.18. The van der Waals surface area contributed by atoms with Crippen LogP contribution in [0.5, 0.6) is 0 Å². The summed E-state index contributed by atoms with van der Waals surface area (Å²) >= 11 is 0. The summed E-state index contributed by atoms with van der Waals surface area (Å²) in [6.07, 6.45) is -5.34. The molecule has 114 valence electrons. The molecule has 0 saturated heterocycles. The topological polar surface area (TPSA) is 40.5 Å². The number of aliphatic hydroxyl groups excluding tert-OH is 1. The molecule has 21 heavy (non-hydrogen) atoms. The van der Waals surface area contributed by atoms with Crippen molar-refractivity contribution >= 4 is 5.91 Å². The van der Waals surface area contributed by atoms with Gasteiger partial charge in [0.1, 0.15) is 6.61 Å². The first-order valence-electron chi connectivity index (χ1n) is 6.26. The standard InChI is InChI=1S/C15H16F3NO2/c1-11-8-12(4-3-7-20)10-13(9-11)14(21)19(2)6-5-15(16,17)18/h8-10,20H,5-7H2,1-2H3. The average Bonchev–Trinajstić information content (AvgIpc) is 2.40. The Labute approximate surface area is 121 Å². The highest BCUT2D eigenvalue weighted by molar-refractivity contribution is 5.94. The first-order valence-corrected chi connectivity index (χ1v) is 6.26. The molecule has 0 spiro atoms. The molecule has 1 amide bonds. The Morgan fingerprint density at radius 1 is 1.33 bits per heavy atom. The van der Waals surface area contributed by atoms with E-state index in [9.17, 15) is 18.0 Å². The molecule has 1 aromatic rings. The molecule has 0 heterocycles. The molecule has 0 unspecified atom stereocenters. The van der Waals surface area contributed by atoms with E-state index in [1.807, 2.05) is 0 Å². The molecule has 1 aromatic carbocycles. The summed E-state index contributed by atoms with van der Waals surface area (Å²) in [5.74, 6) is 4.65. The molecule has 0 saturated carbocycles. The second kappa shape index (κ2) is 7.14. The molecule has 1 rings (SSSR count). The Balaban J connectivity index is 2.89. The zero-order valence-corrected chi connectivity index (χ0v) is 11.8. The van der Waals surface area contributed by atoms with Crippen molar-refractivity contribution in [2.24, 2.45) is 0 Å². The van der Waals surface area contributed by atoms with Crippen molar-refractivity contribution in [1.29, 1.82) is 0 Å². The van der Waals surface area contributed by atoms with E-state index in [-0.39, 0.29) is 12.2 Å². The van der Waals surface area contributed by atoms with Crippen LogP contribution in [0.25, 0.3) is 0 Å². The van der Waals surface area contributed by atoms with Gasteiger partial charge in [0.2, 0.25) is 0 Å². The van der Waals surface area contributed by atoms with Crippen LogP contribution in [-0.4, -0.2) is 42.3 Å². The second-order valence-electron chi connectivity index (χ2n) is 4.64. The van der Waals surface area contributed by atoms with Gasteiger partial charge in [0.05, 0.1) is 6.42 Å². The van der Waals surface area contributed by atoms with E-state index >= 15 is 0 Å². The SMILES string of the molecule is Cc1cc(C#CCO)cc(C(=O)N(C)CCC(F)(F)F)c1. The van der Waals surface area contributed by atoms with Crippen molar-refractivity contribution in [2.45, 2.75) is 19.5 Å². The normalized spacial score (nSPS) is 10.8. The maximum absolute atomic E-state index is 12.2. The maximum atomic E-state index is 12.2. The van der Waals surface area contributed by atoms with Crippen LogP contribution in [0.2, 0.25) is 0 Å². The number of amides is 1. The lowest BCUT2D eigenvalue weighted by Crippen LogP contribution is -2.30. The Morgan fingerprint density at radius 2 is 2.00 bits per heavy atom. The van der Waals surface area contributed by atoms with Crippen LogP contribution < -0.4 is 0 Å². The fourth-order valence-electron chi connectivity index (χ4n) is 1.74. The molecular weight excluding hydrogens is 283 g/mol. The minimum Gasteiger partial charge on any atom is -0.384 e. The van der Waals surface area contributed by atoms with Gasteiger partial charge in [-0.3, -0.25) is 4.79 Å². The van der Waals surface area contributed by atoms with Crippen molar-refractivity contribution in [2.75, 3.05) is 20.2 Å². The highest BCUT2D eigenvalue weighted by Gasteiger charge is 2.28. The number of carbonyl (C=O) groups excluding carboxylic acids is 1. The molecule has 0 aliphatic carbocycles. The zero-order chi connectivity index (χ0) is 16.0. The number of hydrogen-bond donors (Lipinski definition) is 1. The maximum Gasteiger partial charge on any atom is 0.390 e. The van der Waals surface area contributed by atoms with E-state index in [1.54, 1.807) is 19.1 Å². The van der Waals surface area contributed by atoms with Gasteiger partial charge in [0.15, 0.2) is 0 Å². The van der Waals surface area contributed by atoms with Crippen molar-refractivity contribution < 1.29 is 23.1 Å². The molecule has 0 fully saturated rings. The highest BCUT2D eigenvalue weighted by Crippen LogP contribution is 2.20. The number of benzene rings is 1. The number of halogens is 3. The van der Waals surface area contributed by atoms with Crippen LogP contribution in [0.15, 0.2) is 18.2 Å². The summed E-state index contributed by atoms with van der Waals surface area (Å²) < 4.78 is 36.5. The Hall–Kier alpha value is -2.00. The first-order chi connectivity index (χ1) is 9.73. The monoisotopic (exact) mass is 299 g/mol. The lowest BCUT2D eigenvalue weighted by molar-refractivity contribution is -0.136. The Morgan fingerprint density at radius 3 is 2.57 bits per heavy atom. The zero-order valence-electron chi connectivity index (χ0n) is 11.8. The predicted molar refractivity (Wildman–Crippen MR) is 72.8 cm³/mol. The minimum atomic E-state index is -4.29. The fourth-order valence-corrected chi connectivity index (χ4v) is 1.74. The summed E-state index contributed by atoms with van der Waals surface area (Å²) in [6, 6.07) is 4.83. The largest absolute Gasteiger partial charge is 0.390 e. The number of aryl methyl sites for hydroxylation is 1.